The SMILES string of the molecule is CC(=O)OCC(=O)C(CC(=O)O)NC(=O)C(C)CS(C)(=O)=O.c1ccc2ccccc2c1. The number of carbonyl (C=O) groups excluding carboxylic acids is 3. The number of hydrogen-bond donors (Lipinski definition) is 2. The molecule has 0 aromatic heterocycles. The number of fused-ring (bicyclic) bond motifs is 1. The topological polar surface area (TPSA) is 144 Å². The minimum absolute atomic E-state index is 0.434. The lowest BCUT2D eigenvalue weighted by Gasteiger charge is -2.18. The molecule has 0 aliphatic rings. The van der Waals surface area contributed by atoms with Crippen molar-refractivity contribution in [1.29, 1.82) is 0 Å². The van der Waals surface area contributed by atoms with E-state index in [9.17, 15) is 27.6 Å². The van der Waals surface area contributed by atoms with Crippen molar-refractivity contribution in [3.63, 3.8) is 0 Å². The van der Waals surface area contributed by atoms with E-state index in [1.807, 2.05) is 0 Å². The molecule has 174 valence electrons. The highest BCUT2D eigenvalue weighted by Gasteiger charge is 2.27. The number of carboxylic acid groups (broad SMARTS) is 1. The summed E-state index contributed by atoms with van der Waals surface area (Å²) in [5.74, 6) is -5.01. The van der Waals surface area contributed by atoms with Crippen LogP contribution in [0.25, 0.3) is 10.8 Å². The van der Waals surface area contributed by atoms with Gasteiger partial charge < -0.3 is 15.2 Å². The van der Waals surface area contributed by atoms with Crippen LogP contribution in [0.3, 0.4) is 0 Å². The van der Waals surface area contributed by atoms with Crippen LogP contribution in [0.15, 0.2) is 48.5 Å². The maximum absolute atomic E-state index is 11.8. The molecule has 0 spiro atoms. The standard InChI is InChI=1S/C12H19NO8S.C10H8/c1-7(6-22(3,19)20)12(18)13-9(4-11(16)17)10(15)5-21-8(2)14;1-2-6-10-8-4-3-7-9(10)5-1/h7,9H,4-6H2,1-3H3,(H,13,18)(H,16,17);1-8H. The molecule has 0 saturated heterocycles. The highest BCUT2D eigenvalue weighted by molar-refractivity contribution is 7.90. The summed E-state index contributed by atoms with van der Waals surface area (Å²) in [4.78, 5) is 44.9. The highest BCUT2D eigenvalue weighted by Crippen LogP contribution is 2.11. The van der Waals surface area contributed by atoms with Crippen LogP contribution in [0.2, 0.25) is 0 Å². The van der Waals surface area contributed by atoms with Crippen molar-refractivity contribution in [2.24, 2.45) is 5.92 Å². The van der Waals surface area contributed by atoms with Gasteiger partial charge in [0.05, 0.1) is 12.2 Å². The van der Waals surface area contributed by atoms with Crippen LogP contribution in [0.4, 0.5) is 0 Å². The van der Waals surface area contributed by atoms with Crippen LogP contribution in [-0.4, -0.2) is 61.8 Å². The fourth-order valence-corrected chi connectivity index (χ4v) is 3.73. The summed E-state index contributed by atoms with van der Waals surface area (Å²) in [6.07, 6.45) is 0.259. The van der Waals surface area contributed by atoms with Gasteiger partial charge in [-0.1, -0.05) is 55.5 Å². The van der Waals surface area contributed by atoms with Gasteiger partial charge in [-0.3, -0.25) is 19.2 Å². The number of carbonyl (C=O) groups is 4. The predicted octanol–water partition coefficient (Wildman–Crippen LogP) is 1.60. The third kappa shape index (κ3) is 10.7. The maximum Gasteiger partial charge on any atom is 0.305 e. The van der Waals surface area contributed by atoms with Gasteiger partial charge in [0.1, 0.15) is 15.9 Å². The zero-order valence-electron chi connectivity index (χ0n) is 18.1. The highest BCUT2D eigenvalue weighted by atomic mass is 32.2. The van der Waals surface area contributed by atoms with Crippen LogP contribution in [0.1, 0.15) is 20.3 Å². The number of nitrogens with one attached hydrogen (secondary N) is 1. The number of amides is 1. The first-order chi connectivity index (χ1) is 14.9. The van der Waals surface area contributed by atoms with E-state index in [4.69, 9.17) is 5.11 Å². The first-order valence-electron chi connectivity index (χ1n) is 9.68. The molecular weight excluding hydrogens is 438 g/mol. The Hall–Kier alpha value is -3.27. The molecule has 2 rings (SSSR count). The largest absolute Gasteiger partial charge is 0.481 e. The smallest absolute Gasteiger partial charge is 0.305 e. The zero-order chi connectivity index (χ0) is 24.3. The van der Waals surface area contributed by atoms with Crippen molar-refractivity contribution in [3.8, 4) is 0 Å². The van der Waals surface area contributed by atoms with Crippen molar-refractivity contribution < 1.29 is 37.4 Å². The number of carboxylic acids is 1. The molecule has 2 atom stereocenters. The Kier molecular flexibility index (Phi) is 10.5. The molecule has 2 aromatic carbocycles. The Balaban J connectivity index is 0.000000416. The fourth-order valence-electron chi connectivity index (χ4n) is 2.67. The normalized spacial score (nSPS) is 12.6. The van der Waals surface area contributed by atoms with E-state index in [1.54, 1.807) is 0 Å². The fraction of sp³-hybridized carbons (Fsp3) is 0.364. The van der Waals surface area contributed by atoms with E-state index in [2.05, 4.69) is 58.6 Å². The molecule has 0 aliphatic heterocycles. The first-order valence-corrected chi connectivity index (χ1v) is 11.7. The van der Waals surface area contributed by atoms with E-state index < -0.39 is 64.2 Å². The second-order valence-electron chi connectivity index (χ2n) is 7.25. The third-order valence-corrected chi connectivity index (χ3v) is 5.27. The molecule has 10 heteroatoms. The number of benzene rings is 2. The van der Waals surface area contributed by atoms with E-state index in [1.165, 1.54) is 17.7 Å². The van der Waals surface area contributed by atoms with Crippen molar-refractivity contribution in [2.75, 3.05) is 18.6 Å². The van der Waals surface area contributed by atoms with Gasteiger partial charge in [0.25, 0.3) is 0 Å². The summed E-state index contributed by atoms with van der Waals surface area (Å²) < 4.78 is 26.7. The van der Waals surface area contributed by atoms with Gasteiger partial charge in [-0.05, 0) is 10.8 Å². The average Bonchev–Trinajstić information content (AvgIpc) is 2.70. The summed E-state index contributed by atoms with van der Waals surface area (Å²) in [6.45, 7) is 1.74. The number of ether oxygens (including phenoxy) is 1. The Morgan fingerprint density at radius 3 is 1.84 bits per heavy atom. The summed E-state index contributed by atoms with van der Waals surface area (Å²) in [5, 5.41) is 13.5. The maximum atomic E-state index is 11.8. The molecule has 2 unspecified atom stereocenters. The lowest BCUT2D eigenvalue weighted by Crippen LogP contribution is -2.46. The van der Waals surface area contributed by atoms with Crippen LogP contribution >= 0.6 is 0 Å². The molecule has 2 N–H and O–H groups in total. The Bertz CT molecular complexity index is 999. The van der Waals surface area contributed by atoms with Gasteiger partial charge in [-0.15, -0.1) is 0 Å². The monoisotopic (exact) mass is 465 g/mol. The number of aliphatic carboxylic acids is 1. The van der Waals surface area contributed by atoms with Crippen molar-refractivity contribution in [1.82, 2.24) is 5.32 Å². The molecule has 32 heavy (non-hydrogen) atoms. The van der Waals surface area contributed by atoms with E-state index >= 15 is 0 Å². The van der Waals surface area contributed by atoms with Crippen molar-refractivity contribution in [2.45, 2.75) is 26.3 Å². The van der Waals surface area contributed by atoms with Gasteiger partial charge in [0, 0.05) is 19.1 Å². The van der Waals surface area contributed by atoms with Crippen LogP contribution < -0.4 is 5.32 Å². The summed E-state index contributed by atoms with van der Waals surface area (Å²) in [5.41, 5.74) is 0. The Morgan fingerprint density at radius 2 is 1.47 bits per heavy atom. The molecule has 0 fully saturated rings. The molecule has 1 amide bonds. The van der Waals surface area contributed by atoms with Gasteiger partial charge in [0.2, 0.25) is 5.91 Å². The summed E-state index contributed by atoms with van der Waals surface area (Å²) in [7, 11) is -3.40. The van der Waals surface area contributed by atoms with Gasteiger partial charge in [0.15, 0.2) is 12.4 Å². The third-order valence-electron chi connectivity index (χ3n) is 4.16. The Labute approximate surface area is 186 Å². The molecule has 0 radical (unpaired) electrons. The zero-order valence-corrected chi connectivity index (χ0v) is 18.9. The van der Waals surface area contributed by atoms with E-state index in [0.717, 1.165) is 13.2 Å². The van der Waals surface area contributed by atoms with Crippen LogP contribution in [0, 0.1) is 5.92 Å². The second kappa shape index (κ2) is 12.6. The molecule has 0 bridgehead atoms. The number of hydrogen-bond acceptors (Lipinski definition) is 7. The second-order valence-corrected chi connectivity index (χ2v) is 9.43. The minimum atomic E-state index is -3.40. The number of ketones is 1. The van der Waals surface area contributed by atoms with Gasteiger partial charge in [-0.2, -0.15) is 0 Å². The quantitative estimate of drug-likeness (QED) is 0.532. The van der Waals surface area contributed by atoms with Crippen molar-refractivity contribution >= 4 is 44.2 Å². The van der Waals surface area contributed by atoms with E-state index in [-0.39, 0.29) is 0 Å². The van der Waals surface area contributed by atoms with Gasteiger partial charge in [-0.25, -0.2) is 8.42 Å². The first kappa shape index (κ1) is 26.8. The summed E-state index contributed by atoms with van der Waals surface area (Å²) >= 11 is 0. The molecule has 9 nitrogen and oxygen atoms in total. The van der Waals surface area contributed by atoms with E-state index in [0.29, 0.717) is 0 Å². The summed E-state index contributed by atoms with van der Waals surface area (Å²) in [6, 6.07) is 15.3. The molecule has 2 aromatic rings. The lowest BCUT2D eigenvalue weighted by atomic mass is 10.1. The molecular formula is C22H27NO8S. The van der Waals surface area contributed by atoms with Crippen molar-refractivity contribution in [3.05, 3.63) is 48.5 Å². The minimum Gasteiger partial charge on any atom is -0.481 e. The lowest BCUT2D eigenvalue weighted by molar-refractivity contribution is -0.147. The number of rotatable bonds is 9. The number of sulfone groups is 1. The Morgan fingerprint density at radius 1 is 1.00 bits per heavy atom. The van der Waals surface area contributed by atoms with Crippen LogP contribution in [-0.2, 0) is 33.8 Å². The number of esters is 1. The predicted molar refractivity (Wildman–Crippen MR) is 119 cm³/mol. The van der Waals surface area contributed by atoms with Gasteiger partial charge >= 0.3 is 11.9 Å². The molecule has 0 aliphatic carbocycles. The average molecular weight is 466 g/mol. The van der Waals surface area contributed by atoms with Crippen LogP contribution in [0.5, 0.6) is 0 Å². The molecule has 0 saturated carbocycles. The molecule has 0 heterocycles. The number of Topliss-reactive ketones (excluding diaryl/α,β-unsaturated/α-hetero) is 1.